The molecule has 1 aliphatic heterocycles. The third-order valence-corrected chi connectivity index (χ3v) is 3.98. The first-order chi connectivity index (χ1) is 10.9. The maximum atomic E-state index is 12.3. The average molecular weight is 321 g/mol. The number of anilines is 1. The molecule has 0 radical (unpaired) electrons. The maximum Gasteiger partial charge on any atom is 0.271 e. The van der Waals surface area contributed by atoms with Crippen LogP contribution in [-0.2, 0) is 4.79 Å². The summed E-state index contributed by atoms with van der Waals surface area (Å²) in [7, 11) is 1.46. The number of carbonyl (C=O) groups is 1. The maximum absolute atomic E-state index is 12.3. The Balaban J connectivity index is 2.04. The average Bonchev–Trinajstić information content (AvgIpc) is 2.45. The predicted molar refractivity (Wildman–Crippen MR) is 87.7 cm³/mol. The van der Waals surface area contributed by atoms with E-state index in [9.17, 15) is 14.9 Å². The van der Waals surface area contributed by atoms with Crippen LogP contribution in [-0.4, -0.2) is 42.5 Å². The zero-order valence-corrected chi connectivity index (χ0v) is 13.7. The van der Waals surface area contributed by atoms with E-state index in [0.29, 0.717) is 23.3 Å². The van der Waals surface area contributed by atoms with Gasteiger partial charge >= 0.3 is 0 Å². The van der Waals surface area contributed by atoms with E-state index in [4.69, 9.17) is 4.74 Å². The van der Waals surface area contributed by atoms with Gasteiger partial charge in [-0.25, -0.2) is 0 Å². The molecule has 1 fully saturated rings. The molecule has 1 saturated heterocycles. The molecule has 126 valence electrons. The normalized spacial score (nSPS) is 21.7. The van der Waals surface area contributed by atoms with Crippen molar-refractivity contribution in [2.45, 2.75) is 20.3 Å². The number of nitro groups is 1. The van der Waals surface area contributed by atoms with Gasteiger partial charge in [0, 0.05) is 25.2 Å². The van der Waals surface area contributed by atoms with Crippen molar-refractivity contribution in [3.63, 3.8) is 0 Å². The van der Waals surface area contributed by atoms with E-state index in [1.54, 1.807) is 0 Å². The Morgan fingerprint density at radius 3 is 2.61 bits per heavy atom. The summed E-state index contributed by atoms with van der Waals surface area (Å²) in [5.74, 6) is 1.35. The lowest BCUT2D eigenvalue weighted by Gasteiger charge is -2.34. The Hall–Kier alpha value is -2.15. The molecule has 2 rings (SSSR count). The number of nitrogens with zero attached hydrogens (tertiary/aromatic N) is 2. The molecular formula is C16H23N3O4. The predicted octanol–water partition coefficient (Wildman–Crippen LogP) is 2.52. The van der Waals surface area contributed by atoms with Crippen LogP contribution in [0.25, 0.3) is 0 Å². The van der Waals surface area contributed by atoms with E-state index in [-0.39, 0.29) is 18.1 Å². The molecule has 1 heterocycles. The summed E-state index contributed by atoms with van der Waals surface area (Å²) in [6, 6.07) is 4.15. The van der Waals surface area contributed by atoms with Gasteiger partial charge in [-0.3, -0.25) is 19.8 Å². The summed E-state index contributed by atoms with van der Waals surface area (Å²) in [6.45, 7) is 6.43. The number of hydrogen-bond donors (Lipinski definition) is 1. The second-order valence-corrected chi connectivity index (χ2v) is 6.33. The molecule has 23 heavy (non-hydrogen) atoms. The number of carbonyl (C=O) groups excluding carboxylic acids is 1. The van der Waals surface area contributed by atoms with Crippen LogP contribution in [0.5, 0.6) is 5.75 Å². The molecule has 7 heteroatoms. The van der Waals surface area contributed by atoms with Gasteiger partial charge < -0.3 is 10.1 Å². The summed E-state index contributed by atoms with van der Waals surface area (Å²) < 4.78 is 5.15. The van der Waals surface area contributed by atoms with Gasteiger partial charge in [0.2, 0.25) is 5.91 Å². The molecule has 1 aliphatic rings. The zero-order valence-electron chi connectivity index (χ0n) is 13.7. The molecular weight excluding hydrogens is 298 g/mol. The molecule has 0 bridgehead atoms. The summed E-state index contributed by atoms with van der Waals surface area (Å²) in [6.07, 6.45) is 1.18. The first-order valence-corrected chi connectivity index (χ1v) is 7.73. The fraction of sp³-hybridized carbons (Fsp3) is 0.562. The second kappa shape index (κ2) is 7.41. The Labute approximate surface area is 135 Å². The second-order valence-electron chi connectivity index (χ2n) is 6.33. The fourth-order valence-corrected chi connectivity index (χ4v) is 3.22. The van der Waals surface area contributed by atoms with Gasteiger partial charge in [0.15, 0.2) is 0 Å². The highest BCUT2D eigenvalue weighted by Gasteiger charge is 2.23. The van der Waals surface area contributed by atoms with Crippen LogP contribution in [0.4, 0.5) is 11.4 Å². The molecule has 0 spiro atoms. The topological polar surface area (TPSA) is 84.7 Å². The van der Waals surface area contributed by atoms with Crippen molar-refractivity contribution in [3.05, 3.63) is 28.3 Å². The Morgan fingerprint density at radius 2 is 2.04 bits per heavy atom. The van der Waals surface area contributed by atoms with Crippen molar-refractivity contribution in [3.8, 4) is 5.75 Å². The van der Waals surface area contributed by atoms with Gasteiger partial charge in [-0.05, 0) is 24.3 Å². The molecule has 1 amide bonds. The van der Waals surface area contributed by atoms with Crippen molar-refractivity contribution in [2.24, 2.45) is 11.8 Å². The number of hydrogen-bond acceptors (Lipinski definition) is 5. The van der Waals surface area contributed by atoms with E-state index in [1.165, 1.54) is 31.7 Å². The first-order valence-electron chi connectivity index (χ1n) is 7.73. The number of likely N-dealkylation sites (tertiary alicyclic amines) is 1. The highest BCUT2D eigenvalue weighted by molar-refractivity contribution is 5.94. The lowest BCUT2D eigenvalue weighted by atomic mass is 9.92. The van der Waals surface area contributed by atoms with Gasteiger partial charge in [-0.15, -0.1) is 0 Å². The minimum absolute atomic E-state index is 0.0821. The molecule has 1 aromatic rings. The van der Waals surface area contributed by atoms with E-state index in [0.717, 1.165) is 13.1 Å². The van der Waals surface area contributed by atoms with Crippen LogP contribution >= 0.6 is 0 Å². The number of benzene rings is 1. The van der Waals surface area contributed by atoms with Crippen molar-refractivity contribution >= 4 is 17.3 Å². The lowest BCUT2D eigenvalue weighted by Crippen LogP contribution is -2.42. The third-order valence-electron chi connectivity index (χ3n) is 3.98. The molecule has 1 aromatic carbocycles. The highest BCUT2D eigenvalue weighted by Crippen LogP contribution is 2.29. The minimum Gasteiger partial charge on any atom is -0.495 e. The number of methoxy groups -OCH3 is 1. The van der Waals surface area contributed by atoms with Gasteiger partial charge in [0.25, 0.3) is 5.69 Å². The number of rotatable bonds is 5. The van der Waals surface area contributed by atoms with Crippen LogP contribution < -0.4 is 10.1 Å². The van der Waals surface area contributed by atoms with E-state index < -0.39 is 4.92 Å². The number of nitrogens with one attached hydrogen (secondary N) is 1. The molecule has 7 nitrogen and oxygen atoms in total. The van der Waals surface area contributed by atoms with Crippen LogP contribution in [0.2, 0.25) is 0 Å². The SMILES string of the molecule is COc1ccc([N+](=O)[O-])cc1NC(=O)CN1C[C@H](C)C[C@H](C)C1. The Bertz CT molecular complexity index is 581. The van der Waals surface area contributed by atoms with Crippen molar-refractivity contribution in [1.82, 2.24) is 4.90 Å². The van der Waals surface area contributed by atoms with Crippen LogP contribution in [0.15, 0.2) is 18.2 Å². The van der Waals surface area contributed by atoms with Crippen molar-refractivity contribution in [2.75, 3.05) is 32.1 Å². The van der Waals surface area contributed by atoms with Gasteiger partial charge in [-0.1, -0.05) is 13.8 Å². The number of nitro benzene ring substituents is 1. The van der Waals surface area contributed by atoms with Crippen molar-refractivity contribution in [1.29, 1.82) is 0 Å². The summed E-state index contributed by atoms with van der Waals surface area (Å²) >= 11 is 0. The smallest absolute Gasteiger partial charge is 0.271 e. The fourth-order valence-electron chi connectivity index (χ4n) is 3.22. The monoisotopic (exact) mass is 321 g/mol. The van der Waals surface area contributed by atoms with Crippen molar-refractivity contribution < 1.29 is 14.5 Å². The van der Waals surface area contributed by atoms with E-state index >= 15 is 0 Å². The summed E-state index contributed by atoms with van der Waals surface area (Å²) in [4.78, 5) is 24.8. The van der Waals surface area contributed by atoms with Gasteiger partial charge in [-0.2, -0.15) is 0 Å². The number of amides is 1. The van der Waals surface area contributed by atoms with E-state index in [2.05, 4.69) is 24.1 Å². The van der Waals surface area contributed by atoms with Gasteiger partial charge in [0.1, 0.15) is 5.75 Å². The number of ether oxygens (including phenoxy) is 1. The standard InChI is InChI=1S/C16H23N3O4/c1-11-6-12(2)9-18(8-11)10-16(20)17-14-7-13(19(21)22)4-5-15(14)23-3/h4-5,7,11-12H,6,8-10H2,1-3H3,(H,17,20)/t11-,12+. The number of piperidine rings is 1. The van der Waals surface area contributed by atoms with Gasteiger partial charge in [0.05, 0.1) is 24.3 Å². The van der Waals surface area contributed by atoms with Crippen LogP contribution in [0.3, 0.4) is 0 Å². The largest absolute Gasteiger partial charge is 0.495 e. The quantitative estimate of drug-likeness (QED) is 0.665. The van der Waals surface area contributed by atoms with E-state index in [1.807, 2.05) is 0 Å². The van der Waals surface area contributed by atoms with Crippen LogP contribution in [0.1, 0.15) is 20.3 Å². The summed E-state index contributed by atoms with van der Waals surface area (Å²) in [5, 5.41) is 13.6. The molecule has 2 atom stereocenters. The minimum atomic E-state index is -0.497. The number of non-ortho nitro benzene ring substituents is 1. The highest BCUT2D eigenvalue weighted by atomic mass is 16.6. The first kappa shape index (κ1) is 17.2. The molecule has 0 unspecified atom stereocenters. The Kier molecular flexibility index (Phi) is 5.54. The zero-order chi connectivity index (χ0) is 17.0. The molecule has 0 aromatic heterocycles. The Morgan fingerprint density at radius 1 is 1.39 bits per heavy atom. The van der Waals surface area contributed by atoms with Crippen LogP contribution in [0, 0.1) is 22.0 Å². The summed E-state index contributed by atoms with van der Waals surface area (Å²) in [5.41, 5.74) is 0.242. The molecule has 0 aliphatic carbocycles. The molecule has 0 saturated carbocycles. The third kappa shape index (κ3) is 4.66. The molecule has 1 N–H and O–H groups in total. The lowest BCUT2D eigenvalue weighted by molar-refractivity contribution is -0.384.